The topological polar surface area (TPSA) is 86.7 Å². The molecule has 2 N–H and O–H groups in total. The highest BCUT2D eigenvalue weighted by molar-refractivity contribution is 6.04. The number of amides is 2. The molecular weight excluding hydrogens is 224 g/mol. The molecule has 0 aromatic carbocycles. The van der Waals surface area contributed by atoms with Crippen molar-refractivity contribution in [1.29, 1.82) is 0 Å². The number of hydrogen-bond acceptors (Lipinski definition) is 4. The van der Waals surface area contributed by atoms with E-state index in [0.717, 1.165) is 25.9 Å². The van der Waals surface area contributed by atoms with Crippen LogP contribution in [-0.4, -0.2) is 46.9 Å². The lowest BCUT2D eigenvalue weighted by Gasteiger charge is -2.30. The zero-order chi connectivity index (χ0) is 12.4. The van der Waals surface area contributed by atoms with Crippen LogP contribution in [0, 0.1) is 5.92 Å². The van der Waals surface area contributed by atoms with Gasteiger partial charge in [0, 0.05) is 12.5 Å². The van der Waals surface area contributed by atoms with E-state index in [1.54, 1.807) is 0 Å². The summed E-state index contributed by atoms with van der Waals surface area (Å²) in [4.78, 5) is 35.6. The highest BCUT2D eigenvalue weighted by atomic mass is 16.4. The Morgan fingerprint density at radius 3 is 2.59 bits per heavy atom. The molecule has 0 aromatic rings. The second-order valence-electron chi connectivity index (χ2n) is 4.58. The predicted octanol–water partition coefficient (Wildman–Crippen LogP) is -0.412. The number of imide groups is 1. The predicted molar refractivity (Wildman–Crippen MR) is 58.1 cm³/mol. The van der Waals surface area contributed by atoms with Crippen LogP contribution in [0.15, 0.2) is 0 Å². The molecule has 0 aromatic heterocycles. The number of carboxylic acid groups (broad SMARTS) is 1. The maximum absolute atomic E-state index is 12.0. The maximum Gasteiger partial charge on any atom is 0.304 e. The summed E-state index contributed by atoms with van der Waals surface area (Å²) >= 11 is 0. The van der Waals surface area contributed by atoms with Gasteiger partial charge in [0.2, 0.25) is 11.8 Å². The summed E-state index contributed by atoms with van der Waals surface area (Å²) in [5.41, 5.74) is 0. The van der Waals surface area contributed by atoms with Gasteiger partial charge in [-0.3, -0.25) is 19.3 Å². The summed E-state index contributed by atoms with van der Waals surface area (Å²) in [5, 5.41) is 11.9. The van der Waals surface area contributed by atoms with Gasteiger partial charge in [-0.1, -0.05) is 0 Å². The zero-order valence-corrected chi connectivity index (χ0v) is 9.52. The van der Waals surface area contributed by atoms with E-state index in [0.29, 0.717) is 0 Å². The number of carbonyl (C=O) groups excluding carboxylic acids is 2. The fourth-order valence-corrected chi connectivity index (χ4v) is 2.53. The summed E-state index contributed by atoms with van der Waals surface area (Å²) in [7, 11) is 0. The Bertz CT molecular complexity index is 349. The Labute approximate surface area is 99.0 Å². The van der Waals surface area contributed by atoms with Gasteiger partial charge in [0.05, 0.1) is 12.3 Å². The van der Waals surface area contributed by atoms with Crippen LogP contribution >= 0.6 is 0 Å². The molecule has 2 saturated heterocycles. The summed E-state index contributed by atoms with van der Waals surface area (Å²) in [6.07, 6.45) is 1.33. The fraction of sp³-hybridized carbons (Fsp3) is 0.727. The number of aliphatic carboxylic acids is 1. The van der Waals surface area contributed by atoms with Crippen LogP contribution in [0.25, 0.3) is 0 Å². The molecule has 2 rings (SSSR count). The van der Waals surface area contributed by atoms with Gasteiger partial charge in [-0.15, -0.1) is 0 Å². The van der Waals surface area contributed by atoms with Crippen molar-refractivity contribution >= 4 is 17.8 Å². The number of carbonyl (C=O) groups is 3. The van der Waals surface area contributed by atoms with E-state index >= 15 is 0 Å². The Morgan fingerprint density at radius 1 is 1.35 bits per heavy atom. The summed E-state index contributed by atoms with van der Waals surface area (Å²) in [6, 6.07) is -0.0463. The molecule has 6 heteroatoms. The third kappa shape index (κ3) is 2.46. The van der Waals surface area contributed by atoms with Crippen molar-refractivity contribution in [3.05, 3.63) is 0 Å². The van der Waals surface area contributed by atoms with Crippen LogP contribution < -0.4 is 5.32 Å². The maximum atomic E-state index is 12.0. The largest absolute Gasteiger partial charge is 0.481 e. The van der Waals surface area contributed by atoms with Gasteiger partial charge in [0.25, 0.3) is 0 Å². The van der Waals surface area contributed by atoms with E-state index in [4.69, 9.17) is 5.11 Å². The second kappa shape index (κ2) is 4.83. The van der Waals surface area contributed by atoms with E-state index in [1.165, 1.54) is 4.90 Å². The third-order valence-corrected chi connectivity index (χ3v) is 3.37. The van der Waals surface area contributed by atoms with Gasteiger partial charge in [-0.2, -0.15) is 0 Å². The van der Waals surface area contributed by atoms with E-state index in [9.17, 15) is 14.4 Å². The van der Waals surface area contributed by atoms with E-state index in [-0.39, 0.29) is 30.7 Å². The molecule has 1 unspecified atom stereocenters. The Hall–Kier alpha value is -1.43. The minimum atomic E-state index is -1.02. The Morgan fingerprint density at radius 2 is 2.00 bits per heavy atom. The minimum absolute atomic E-state index is 0.0463. The average Bonchev–Trinajstić information content (AvgIpc) is 2.54. The lowest BCUT2D eigenvalue weighted by molar-refractivity contribution is -0.145. The van der Waals surface area contributed by atoms with Crippen LogP contribution in [0.1, 0.15) is 25.7 Å². The molecule has 2 amide bonds. The number of hydrogen-bond donors (Lipinski definition) is 2. The Balaban J connectivity index is 2.05. The van der Waals surface area contributed by atoms with Crippen molar-refractivity contribution in [2.75, 3.05) is 13.1 Å². The van der Waals surface area contributed by atoms with Crippen molar-refractivity contribution in [2.45, 2.75) is 31.7 Å². The molecule has 17 heavy (non-hydrogen) atoms. The zero-order valence-electron chi connectivity index (χ0n) is 9.52. The van der Waals surface area contributed by atoms with E-state index in [2.05, 4.69) is 5.32 Å². The van der Waals surface area contributed by atoms with Gasteiger partial charge in [-0.05, 0) is 25.9 Å². The van der Waals surface area contributed by atoms with E-state index in [1.807, 2.05) is 0 Å². The highest BCUT2D eigenvalue weighted by Crippen LogP contribution is 2.27. The van der Waals surface area contributed by atoms with Gasteiger partial charge in [-0.25, -0.2) is 0 Å². The monoisotopic (exact) mass is 240 g/mol. The quantitative estimate of drug-likeness (QED) is 0.655. The summed E-state index contributed by atoms with van der Waals surface area (Å²) in [6.45, 7) is 1.59. The van der Waals surface area contributed by atoms with Crippen molar-refractivity contribution in [3.63, 3.8) is 0 Å². The second-order valence-corrected chi connectivity index (χ2v) is 4.58. The molecule has 0 radical (unpaired) electrons. The summed E-state index contributed by atoms with van der Waals surface area (Å²) < 4.78 is 0. The third-order valence-electron chi connectivity index (χ3n) is 3.37. The average molecular weight is 240 g/mol. The first-order chi connectivity index (χ1) is 8.09. The van der Waals surface area contributed by atoms with Crippen LogP contribution in [-0.2, 0) is 14.4 Å². The van der Waals surface area contributed by atoms with Gasteiger partial charge >= 0.3 is 5.97 Å². The number of carboxylic acids is 1. The number of piperidine rings is 1. The molecule has 0 saturated carbocycles. The number of nitrogens with one attached hydrogen (secondary N) is 1. The SMILES string of the molecule is O=C(O)CC1CC(=O)N(C2CCNCC2)C1=O. The standard InChI is InChI=1S/C11H16N2O4/c14-9-5-7(6-10(15)16)11(17)13(9)8-1-3-12-4-2-8/h7-8,12H,1-6H2,(H,15,16). The van der Waals surface area contributed by atoms with Crippen molar-refractivity contribution in [3.8, 4) is 0 Å². The van der Waals surface area contributed by atoms with Crippen molar-refractivity contribution < 1.29 is 19.5 Å². The van der Waals surface area contributed by atoms with Gasteiger partial charge < -0.3 is 10.4 Å². The van der Waals surface area contributed by atoms with Crippen molar-refractivity contribution in [2.24, 2.45) is 5.92 Å². The lowest BCUT2D eigenvalue weighted by atomic mass is 10.0. The molecule has 0 bridgehead atoms. The molecule has 0 spiro atoms. The first-order valence-corrected chi connectivity index (χ1v) is 5.88. The molecule has 0 aliphatic carbocycles. The number of rotatable bonds is 3. The normalized spacial score (nSPS) is 26.6. The Kier molecular flexibility index (Phi) is 3.42. The first kappa shape index (κ1) is 12.0. The molecular formula is C11H16N2O4. The van der Waals surface area contributed by atoms with Crippen LogP contribution in [0.4, 0.5) is 0 Å². The molecule has 2 aliphatic heterocycles. The van der Waals surface area contributed by atoms with Crippen LogP contribution in [0.5, 0.6) is 0 Å². The van der Waals surface area contributed by atoms with Gasteiger partial charge in [0.15, 0.2) is 0 Å². The molecule has 2 fully saturated rings. The highest BCUT2D eigenvalue weighted by Gasteiger charge is 2.43. The van der Waals surface area contributed by atoms with Gasteiger partial charge in [0.1, 0.15) is 0 Å². The number of nitrogens with zero attached hydrogens (tertiary/aromatic N) is 1. The first-order valence-electron chi connectivity index (χ1n) is 5.88. The van der Waals surface area contributed by atoms with Crippen LogP contribution in [0.2, 0.25) is 0 Å². The van der Waals surface area contributed by atoms with Crippen molar-refractivity contribution in [1.82, 2.24) is 10.2 Å². The molecule has 1 atom stereocenters. The smallest absolute Gasteiger partial charge is 0.304 e. The lowest BCUT2D eigenvalue weighted by Crippen LogP contribution is -2.46. The van der Waals surface area contributed by atoms with E-state index < -0.39 is 11.9 Å². The molecule has 94 valence electrons. The summed E-state index contributed by atoms with van der Waals surface area (Å²) in [5.74, 6) is -2.20. The minimum Gasteiger partial charge on any atom is -0.481 e. The van der Waals surface area contributed by atoms with Crippen LogP contribution in [0.3, 0.4) is 0 Å². The molecule has 6 nitrogen and oxygen atoms in total. The number of likely N-dealkylation sites (tertiary alicyclic amines) is 1. The molecule has 2 aliphatic rings. The fourth-order valence-electron chi connectivity index (χ4n) is 2.53. The molecule has 2 heterocycles.